The first-order valence-electron chi connectivity index (χ1n) is 3.40. The summed E-state index contributed by atoms with van der Waals surface area (Å²) in [6, 6.07) is 0.0787. The summed E-state index contributed by atoms with van der Waals surface area (Å²) in [5.74, 6) is 0.236. The van der Waals surface area contributed by atoms with Gasteiger partial charge in [-0.25, -0.2) is 0 Å². The van der Waals surface area contributed by atoms with Crippen molar-refractivity contribution in [3.8, 4) is 0 Å². The van der Waals surface area contributed by atoms with Crippen LogP contribution in [0, 0.1) is 0 Å². The molecule has 2 nitrogen and oxygen atoms in total. The third-order valence-corrected chi connectivity index (χ3v) is 1.42. The van der Waals surface area contributed by atoms with Crippen LogP contribution >= 0.6 is 0 Å². The van der Waals surface area contributed by atoms with Crippen LogP contribution in [0.15, 0.2) is 0 Å². The number of hydrogen-bond acceptors (Lipinski definition) is 2. The number of hydrogen-bond donors (Lipinski definition) is 1. The molecule has 0 spiro atoms. The van der Waals surface area contributed by atoms with Gasteiger partial charge >= 0.3 is 0 Å². The van der Waals surface area contributed by atoms with Gasteiger partial charge in [-0.15, -0.1) is 0 Å². The summed E-state index contributed by atoms with van der Waals surface area (Å²) in [4.78, 5) is 10.7. The highest BCUT2D eigenvalue weighted by molar-refractivity contribution is 5.81. The predicted octanol–water partition coefficient (Wildman–Crippen LogP) is 0.964. The molecule has 0 aliphatic heterocycles. The molecule has 0 aliphatic carbocycles. The Morgan fingerprint density at radius 1 is 1.67 bits per heavy atom. The molecule has 1 atom stereocenters. The number of Topliss-reactive ketones (excluding diaryl/α,β-unsaturated/α-hetero) is 1. The SMILES string of the molecule is CCC[C@H](NC)C(C)=O. The third-order valence-electron chi connectivity index (χ3n) is 1.42. The van der Waals surface area contributed by atoms with Crippen LogP contribution in [0.4, 0.5) is 0 Å². The van der Waals surface area contributed by atoms with Crippen molar-refractivity contribution in [2.75, 3.05) is 7.05 Å². The molecule has 0 rings (SSSR count). The van der Waals surface area contributed by atoms with Crippen LogP contribution < -0.4 is 5.32 Å². The van der Waals surface area contributed by atoms with Gasteiger partial charge in [0.2, 0.25) is 0 Å². The molecule has 0 aliphatic rings. The quantitative estimate of drug-likeness (QED) is 0.612. The molecule has 54 valence electrons. The monoisotopic (exact) mass is 129 g/mol. The van der Waals surface area contributed by atoms with Crippen LogP contribution in [0.5, 0.6) is 0 Å². The van der Waals surface area contributed by atoms with Crippen molar-refractivity contribution in [3.63, 3.8) is 0 Å². The molecule has 0 aromatic carbocycles. The van der Waals surface area contributed by atoms with Gasteiger partial charge in [0.15, 0.2) is 0 Å². The highest BCUT2D eigenvalue weighted by Gasteiger charge is 2.07. The van der Waals surface area contributed by atoms with Gasteiger partial charge in [0.1, 0.15) is 5.78 Å². The van der Waals surface area contributed by atoms with Gasteiger partial charge in [-0.3, -0.25) is 4.79 Å². The van der Waals surface area contributed by atoms with Gasteiger partial charge in [0.05, 0.1) is 6.04 Å². The van der Waals surface area contributed by atoms with E-state index < -0.39 is 0 Å². The molecule has 9 heavy (non-hydrogen) atoms. The van der Waals surface area contributed by atoms with E-state index >= 15 is 0 Å². The lowest BCUT2D eigenvalue weighted by atomic mass is 10.1. The van der Waals surface area contributed by atoms with E-state index in [-0.39, 0.29) is 11.8 Å². The Morgan fingerprint density at radius 2 is 2.22 bits per heavy atom. The molecule has 1 N–H and O–H groups in total. The minimum atomic E-state index is 0.0787. The van der Waals surface area contributed by atoms with E-state index in [2.05, 4.69) is 12.2 Å². The van der Waals surface area contributed by atoms with Gasteiger partial charge < -0.3 is 5.32 Å². The molecule has 2 heteroatoms. The Morgan fingerprint density at radius 3 is 2.33 bits per heavy atom. The first-order valence-corrected chi connectivity index (χ1v) is 3.40. The smallest absolute Gasteiger partial charge is 0.146 e. The van der Waals surface area contributed by atoms with Crippen molar-refractivity contribution in [2.45, 2.75) is 32.7 Å². The number of ketones is 1. The summed E-state index contributed by atoms with van der Waals surface area (Å²) in [5.41, 5.74) is 0. The van der Waals surface area contributed by atoms with Crippen molar-refractivity contribution in [2.24, 2.45) is 0 Å². The molecular weight excluding hydrogens is 114 g/mol. The summed E-state index contributed by atoms with van der Waals surface area (Å²) < 4.78 is 0. The molecule has 0 heterocycles. The second kappa shape index (κ2) is 4.50. The predicted molar refractivity (Wildman–Crippen MR) is 38.4 cm³/mol. The normalized spacial score (nSPS) is 13.2. The van der Waals surface area contributed by atoms with E-state index in [4.69, 9.17) is 0 Å². The van der Waals surface area contributed by atoms with Crippen LogP contribution in [0.1, 0.15) is 26.7 Å². The molecule has 0 saturated carbocycles. The van der Waals surface area contributed by atoms with Crippen molar-refractivity contribution >= 4 is 5.78 Å². The lowest BCUT2D eigenvalue weighted by Gasteiger charge is -2.09. The zero-order chi connectivity index (χ0) is 7.28. The van der Waals surface area contributed by atoms with E-state index in [1.807, 2.05) is 7.05 Å². The van der Waals surface area contributed by atoms with Gasteiger partial charge in [0, 0.05) is 0 Å². The van der Waals surface area contributed by atoms with Crippen molar-refractivity contribution in [1.82, 2.24) is 5.32 Å². The third kappa shape index (κ3) is 3.25. The van der Waals surface area contributed by atoms with Crippen LogP contribution in [-0.2, 0) is 4.79 Å². The maximum Gasteiger partial charge on any atom is 0.146 e. The van der Waals surface area contributed by atoms with Crippen molar-refractivity contribution in [1.29, 1.82) is 0 Å². The summed E-state index contributed by atoms with van der Waals surface area (Å²) in [6.07, 6.45) is 2.01. The zero-order valence-corrected chi connectivity index (χ0v) is 6.40. The maximum atomic E-state index is 10.7. The summed E-state index contributed by atoms with van der Waals surface area (Å²) in [6.45, 7) is 3.70. The van der Waals surface area contributed by atoms with Gasteiger partial charge in [0.25, 0.3) is 0 Å². The summed E-state index contributed by atoms with van der Waals surface area (Å²) in [5, 5.41) is 2.95. The minimum Gasteiger partial charge on any atom is -0.311 e. The number of rotatable bonds is 4. The fourth-order valence-electron chi connectivity index (χ4n) is 0.840. The standard InChI is InChI=1S/C7H15NO/c1-4-5-7(8-3)6(2)9/h7-8H,4-5H2,1-3H3/t7-/m0/s1. The molecule has 0 aromatic rings. The average molecular weight is 129 g/mol. The first kappa shape index (κ1) is 8.63. The van der Waals surface area contributed by atoms with Gasteiger partial charge in [-0.05, 0) is 20.4 Å². The van der Waals surface area contributed by atoms with E-state index in [0.29, 0.717) is 0 Å². The molecular formula is C7H15NO. The van der Waals surface area contributed by atoms with Crippen LogP contribution in [-0.4, -0.2) is 18.9 Å². The zero-order valence-electron chi connectivity index (χ0n) is 6.40. The molecule has 0 bridgehead atoms. The molecule has 0 saturated heterocycles. The van der Waals surface area contributed by atoms with Gasteiger partial charge in [-0.2, -0.15) is 0 Å². The number of likely N-dealkylation sites (N-methyl/N-ethyl adjacent to an activating group) is 1. The lowest BCUT2D eigenvalue weighted by molar-refractivity contribution is -0.119. The Balaban J connectivity index is 3.54. The fraction of sp³-hybridized carbons (Fsp3) is 0.857. The Kier molecular flexibility index (Phi) is 4.32. The van der Waals surface area contributed by atoms with E-state index in [1.165, 1.54) is 0 Å². The Labute approximate surface area is 56.6 Å². The van der Waals surface area contributed by atoms with Crippen molar-refractivity contribution < 1.29 is 4.79 Å². The molecule has 0 aromatic heterocycles. The second-order valence-corrected chi connectivity index (χ2v) is 2.24. The van der Waals surface area contributed by atoms with E-state index in [9.17, 15) is 4.79 Å². The molecule has 0 unspecified atom stereocenters. The van der Waals surface area contributed by atoms with E-state index in [0.717, 1.165) is 12.8 Å². The fourth-order valence-corrected chi connectivity index (χ4v) is 0.840. The topological polar surface area (TPSA) is 29.1 Å². The number of carbonyl (C=O) groups excluding carboxylic acids is 1. The maximum absolute atomic E-state index is 10.7. The highest BCUT2D eigenvalue weighted by atomic mass is 16.1. The summed E-state index contributed by atoms with van der Waals surface area (Å²) in [7, 11) is 1.82. The Hall–Kier alpha value is -0.370. The molecule has 0 amide bonds. The minimum absolute atomic E-state index is 0.0787. The van der Waals surface area contributed by atoms with Crippen LogP contribution in [0.25, 0.3) is 0 Å². The lowest BCUT2D eigenvalue weighted by Crippen LogP contribution is -2.31. The van der Waals surface area contributed by atoms with Crippen LogP contribution in [0.3, 0.4) is 0 Å². The molecule has 0 radical (unpaired) electrons. The largest absolute Gasteiger partial charge is 0.311 e. The van der Waals surface area contributed by atoms with Crippen molar-refractivity contribution in [3.05, 3.63) is 0 Å². The second-order valence-electron chi connectivity index (χ2n) is 2.24. The summed E-state index contributed by atoms with van der Waals surface area (Å²) >= 11 is 0. The first-order chi connectivity index (χ1) is 4.22. The number of nitrogens with one attached hydrogen (secondary N) is 1. The number of carbonyl (C=O) groups is 1. The molecule has 0 fully saturated rings. The highest BCUT2D eigenvalue weighted by Crippen LogP contribution is 1.95. The van der Waals surface area contributed by atoms with Crippen LogP contribution in [0.2, 0.25) is 0 Å². The average Bonchev–Trinajstić information content (AvgIpc) is 1.82. The Bertz CT molecular complexity index is 90.9. The van der Waals surface area contributed by atoms with E-state index in [1.54, 1.807) is 6.92 Å². The van der Waals surface area contributed by atoms with Gasteiger partial charge in [-0.1, -0.05) is 13.3 Å².